The first-order valence-corrected chi connectivity index (χ1v) is 13.4. The maximum Gasteiger partial charge on any atom is 0.294 e. The molecule has 0 aliphatic carbocycles. The molecule has 0 bridgehead atoms. The number of carbonyl (C=O) groups excluding carboxylic acids is 2. The maximum atomic E-state index is 13.1. The van der Waals surface area contributed by atoms with Crippen LogP contribution in [0.5, 0.6) is 0 Å². The van der Waals surface area contributed by atoms with Crippen LogP contribution in [-0.2, 0) is 14.1 Å². The first-order chi connectivity index (χ1) is 20.1. The van der Waals surface area contributed by atoms with E-state index in [4.69, 9.17) is 0 Å². The SMILES string of the molecule is Cn1cc(NC(=O)c2cc([N+](=O)[O-])cn2C)cc1C(=O)Nc1ccc(N2CCNCCNCCNCC2)c([N+](=O)[O-])c1. The van der Waals surface area contributed by atoms with Gasteiger partial charge in [0.15, 0.2) is 0 Å². The zero-order valence-corrected chi connectivity index (χ0v) is 23.4. The third-order valence-corrected chi connectivity index (χ3v) is 6.77. The molecule has 4 rings (SSSR count). The number of anilines is 3. The van der Waals surface area contributed by atoms with Crippen molar-refractivity contribution in [3.8, 4) is 0 Å². The van der Waals surface area contributed by atoms with E-state index in [1.807, 2.05) is 4.90 Å². The van der Waals surface area contributed by atoms with Crippen LogP contribution < -0.4 is 31.5 Å². The van der Waals surface area contributed by atoms with Crippen molar-refractivity contribution in [3.05, 3.63) is 74.3 Å². The molecule has 224 valence electrons. The van der Waals surface area contributed by atoms with E-state index in [0.29, 0.717) is 37.6 Å². The molecule has 3 aromatic rings. The minimum absolute atomic E-state index is 0.0739. The van der Waals surface area contributed by atoms with Gasteiger partial charge in [0, 0.05) is 90.5 Å². The Labute approximate surface area is 241 Å². The third kappa shape index (κ3) is 7.48. The molecule has 16 nitrogen and oxygen atoms in total. The number of aromatic nitrogens is 2. The molecule has 1 aromatic carbocycles. The third-order valence-electron chi connectivity index (χ3n) is 6.77. The summed E-state index contributed by atoms with van der Waals surface area (Å²) in [5.41, 5.74) is 0.917. The molecule has 5 N–H and O–H groups in total. The highest BCUT2D eigenvalue weighted by molar-refractivity contribution is 6.07. The van der Waals surface area contributed by atoms with Crippen molar-refractivity contribution in [1.82, 2.24) is 25.1 Å². The number of hydrogen-bond donors (Lipinski definition) is 5. The molecule has 0 saturated carbocycles. The predicted octanol–water partition coefficient (Wildman–Crippen LogP) is 1.27. The summed E-state index contributed by atoms with van der Waals surface area (Å²) in [4.78, 5) is 49.7. The number of amides is 2. The number of benzene rings is 1. The molecule has 42 heavy (non-hydrogen) atoms. The monoisotopic (exact) mass is 582 g/mol. The van der Waals surface area contributed by atoms with Gasteiger partial charge < -0.3 is 40.6 Å². The summed E-state index contributed by atoms with van der Waals surface area (Å²) >= 11 is 0. The van der Waals surface area contributed by atoms with Crippen LogP contribution in [0, 0.1) is 20.2 Å². The summed E-state index contributed by atoms with van der Waals surface area (Å²) in [5.74, 6) is -1.12. The average Bonchev–Trinajstić information content (AvgIpc) is 3.51. The molecule has 3 heterocycles. The molecule has 1 aliphatic rings. The quantitative estimate of drug-likeness (QED) is 0.200. The molecule has 16 heteroatoms. The van der Waals surface area contributed by atoms with Gasteiger partial charge in [0.1, 0.15) is 17.1 Å². The van der Waals surface area contributed by atoms with Crippen molar-refractivity contribution in [2.45, 2.75) is 0 Å². The normalized spacial score (nSPS) is 14.9. The topological polar surface area (TPSA) is 194 Å². The van der Waals surface area contributed by atoms with Crippen LogP contribution in [0.4, 0.5) is 28.4 Å². The van der Waals surface area contributed by atoms with E-state index in [1.54, 1.807) is 19.2 Å². The molecule has 0 atom stereocenters. The molecular weight excluding hydrogens is 548 g/mol. The second-order valence-corrected chi connectivity index (χ2v) is 9.78. The summed E-state index contributed by atoms with van der Waals surface area (Å²) in [6.45, 7) is 5.71. The molecule has 0 unspecified atom stereocenters. The highest BCUT2D eigenvalue weighted by Crippen LogP contribution is 2.31. The Hall–Kier alpha value is -4.80. The molecule has 1 aliphatic heterocycles. The summed E-state index contributed by atoms with van der Waals surface area (Å²) < 4.78 is 2.83. The van der Waals surface area contributed by atoms with E-state index in [9.17, 15) is 29.8 Å². The van der Waals surface area contributed by atoms with Crippen molar-refractivity contribution in [2.75, 3.05) is 67.9 Å². The Bertz CT molecular complexity index is 1450. The highest BCUT2D eigenvalue weighted by Gasteiger charge is 2.23. The van der Waals surface area contributed by atoms with Crippen LogP contribution in [0.15, 0.2) is 42.7 Å². The Balaban J connectivity index is 1.47. The molecule has 1 saturated heterocycles. The van der Waals surface area contributed by atoms with Gasteiger partial charge in [-0.25, -0.2) is 0 Å². The van der Waals surface area contributed by atoms with E-state index in [0.717, 1.165) is 32.2 Å². The van der Waals surface area contributed by atoms with Crippen molar-refractivity contribution in [3.63, 3.8) is 0 Å². The second kappa shape index (κ2) is 13.7. The minimum Gasteiger partial charge on any atom is -0.363 e. The highest BCUT2D eigenvalue weighted by atomic mass is 16.6. The molecule has 2 amide bonds. The van der Waals surface area contributed by atoms with Crippen molar-refractivity contribution >= 4 is 40.3 Å². The molecule has 0 spiro atoms. The fourth-order valence-electron chi connectivity index (χ4n) is 4.65. The standard InChI is InChI=1S/C26H34N10O6/c1-32-16-19(31-26(38)24-15-20(35(39)40)17-33(24)2)14-23(32)25(37)30-18-3-4-21(22(13-18)36(41)42)34-11-9-28-7-5-27-6-8-29-10-12-34/h3-4,13-17,27-29H,5-12H2,1-2H3,(H,30,37)(H,31,38). The molecular formula is C26H34N10O6. The van der Waals surface area contributed by atoms with Gasteiger partial charge in [0.2, 0.25) is 0 Å². The van der Waals surface area contributed by atoms with Crippen LogP contribution in [0.1, 0.15) is 21.0 Å². The van der Waals surface area contributed by atoms with Gasteiger partial charge in [-0.2, -0.15) is 0 Å². The van der Waals surface area contributed by atoms with Crippen LogP contribution in [0.3, 0.4) is 0 Å². The van der Waals surface area contributed by atoms with Gasteiger partial charge in [-0.05, 0) is 18.2 Å². The lowest BCUT2D eigenvalue weighted by molar-refractivity contribution is -0.384. The summed E-state index contributed by atoms with van der Waals surface area (Å²) in [6, 6.07) is 7.19. The number of nitrogens with one attached hydrogen (secondary N) is 5. The van der Waals surface area contributed by atoms with Gasteiger partial charge in [0.05, 0.1) is 21.7 Å². The fraction of sp³-hybridized carbons (Fsp3) is 0.385. The first kappa shape index (κ1) is 30.2. The van der Waals surface area contributed by atoms with Crippen LogP contribution >= 0.6 is 0 Å². The van der Waals surface area contributed by atoms with Gasteiger partial charge in [-0.15, -0.1) is 0 Å². The van der Waals surface area contributed by atoms with E-state index in [-0.39, 0.29) is 28.5 Å². The Kier molecular flexibility index (Phi) is 9.85. The molecule has 1 fully saturated rings. The van der Waals surface area contributed by atoms with E-state index >= 15 is 0 Å². The lowest BCUT2D eigenvalue weighted by Crippen LogP contribution is -2.42. The first-order valence-electron chi connectivity index (χ1n) is 13.4. The van der Waals surface area contributed by atoms with Gasteiger partial charge in [0.25, 0.3) is 23.2 Å². The summed E-state index contributed by atoms with van der Waals surface area (Å²) in [5, 5.41) is 38.4. The maximum absolute atomic E-state index is 13.1. The smallest absolute Gasteiger partial charge is 0.294 e. The van der Waals surface area contributed by atoms with Crippen molar-refractivity contribution in [2.24, 2.45) is 14.1 Å². The number of nitro groups is 2. The number of aryl methyl sites for hydroxylation is 2. The number of rotatable bonds is 7. The molecule has 0 radical (unpaired) electrons. The number of nitro benzene ring substituents is 1. The van der Waals surface area contributed by atoms with Gasteiger partial charge in [-0.3, -0.25) is 29.8 Å². The van der Waals surface area contributed by atoms with E-state index in [2.05, 4.69) is 26.6 Å². The average molecular weight is 583 g/mol. The van der Waals surface area contributed by atoms with Crippen LogP contribution in [-0.4, -0.2) is 83.2 Å². The number of hydrogen-bond acceptors (Lipinski definition) is 10. The number of carbonyl (C=O) groups is 2. The lowest BCUT2D eigenvalue weighted by Gasteiger charge is -2.26. The Morgan fingerprint density at radius 3 is 1.86 bits per heavy atom. The fourth-order valence-corrected chi connectivity index (χ4v) is 4.65. The lowest BCUT2D eigenvalue weighted by atomic mass is 10.2. The minimum atomic E-state index is -0.593. The number of nitrogens with zero attached hydrogens (tertiary/aromatic N) is 5. The van der Waals surface area contributed by atoms with Gasteiger partial charge >= 0.3 is 0 Å². The zero-order chi connectivity index (χ0) is 30.2. The van der Waals surface area contributed by atoms with E-state index < -0.39 is 21.7 Å². The largest absolute Gasteiger partial charge is 0.363 e. The Morgan fingerprint density at radius 1 is 0.738 bits per heavy atom. The summed E-state index contributed by atoms with van der Waals surface area (Å²) in [6.07, 6.45) is 2.75. The van der Waals surface area contributed by atoms with Gasteiger partial charge in [-0.1, -0.05) is 0 Å². The van der Waals surface area contributed by atoms with Crippen LogP contribution in [0.25, 0.3) is 0 Å². The van der Waals surface area contributed by atoms with Crippen LogP contribution in [0.2, 0.25) is 0 Å². The Morgan fingerprint density at radius 2 is 1.29 bits per heavy atom. The predicted molar refractivity (Wildman–Crippen MR) is 157 cm³/mol. The van der Waals surface area contributed by atoms with E-state index in [1.165, 1.54) is 40.7 Å². The van der Waals surface area contributed by atoms with Crippen molar-refractivity contribution in [1.29, 1.82) is 0 Å². The van der Waals surface area contributed by atoms with Crippen molar-refractivity contribution < 1.29 is 19.4 Å². The summed E-state index contributed by atoms with van der Waals surface area (Å²) in [7, 11) is 3.12. The second-order valence-electron chi connectivity index (χ2n) is 9.78. The molecule has 2 aromatic heterocycles. The zero-order valence-electron chi connectivity index (χ0n) is 23.4.